The van der Waals surface area contributed by atoms with E-state index in [9.17, 15) is 0 Å². The smallest absolute Gasteiger partial charge is 0.162 e. The summed E-state index contributed by atoms with van der Waals surface area (Å²) in [6.07, 6.45) is 0. The molecule has 0 radical (unpaired) electrons. The normalized spacial score (nSPS) is 10.7. The van der Waals surface area contributed by atoms with Crippen LogP contribution in [-0.2, 0) is 0 Å². The molecule has 2 heterocycles. The Hall–Kier alpha value is -0.740. The number of rotatable bonds is 1. The predicted molar refractivity (Wildman–Crippen MR) is 56.5 cm³/mol. The lowest BCUT2D eigenvalue weighted by atomic mass is 10.4. The summed E-state index contributed by atoms with van der Waals surface area (Å²) < 4.78 is 6.40. The molecule has 0 saturated heterocycles. The van der Waals surface area contributed by atoms with Crippen LogP contribution in [-0.4, -0.2) is 4.98 Å². The summed E-state index contributed by atoms with van der Waals surface area (Å²) in [5.41, 5.74) is 0.956. The van der Waals surface area contributed by atoms with E-state index < -0.39 is 0 Å². The lowest BCUT2D eigenvalue weighted by Gasteiger charge is -1.86. The standard InChI is InChI=1S/C9H9NOS2/c1-5-3-4-7(11-5)8-10-6(2)9(12)13-8/h3-4,12H,1-2H3. The molecule has 0 aliphatic heterocycles. The van der Waals surface area contributed by atoms with Gasteiger partial charge in [0.2, 0.25) is 0 Å². The van der Waals surface area contributed by atoms with Crippen molar-refractivity contribution in [3.63, 3.8) is 0 Å². The molecule has 2 aromatic rings. The molecule has 68 valence electrons. The largest absolute Gasteiger partial charge is 0.459 e. The zero-order chi connectivity index (χ0) is 9.42. The Morgan fingerprint density at radius 1 is 1.38 bits per heavy atom. The molecule has 2 nitrogen and oxygen atoms in total. The molecular formula is C9H9NOS2. The van der Waals surface area contributed by atoms with Crippen LogP contribution >= 0.6 is 24.0 Å². The van der Waals surface area contributed by atoms with E-state index in [4.69, 9.17) is 4.42 Å². The monoisotopic (exact) mass is 211 g/mol. The Bertz CT molecular complexity index is 411. The van der Waals surface area contributed by atoms with E-state index in [0.717, 1.165) is 26.4 Å². The van der Waals surface area contributed by atoms with Crippen LogP contribution in [0.2, 0.25) is 0 Å². The molecule has 13 heavy (non-hydrogen) atoms. The molecule has 0 fully saturated rings. The fourth-order valence-corrected chi connectivity index (χ4v) is 2.12. The first-order valence-corrected chi connectivity index (χ1v) is 5.16. The quantitative estimate of drug-likeness (QED) is 0.732. The Balaban J connectivity index is 2.46. The zero-order valence-electron chi connectivity index (χ0n) is 7.37. The van der Waals surface area contributed by atoms with Crippen molar-refractivity contribution in [3.8, 4) is 10.8 Å². The zero-order valence-corrected chi connectivity index (χ0v) is 9.08. The average Bonchev–Trinajstić information content (AvgIpc) is 2.61. The minimum absolute atomic E-state index is 0.825. The highest BCUT2D eigenvalue weighted by atomic mass is 32.2. The van der Waals surface area contributed by atoms with E-state index in [1.807, 2.05) is 26.0 Å². The maximum atomic E-state index is 5.45. The molecule has 4 heteroatoms. The SMILES string of the molecule is Cc1ccc(-c2nc(C)c(S)s2)o1. The number of aryl methyl sites for hydroxylation is 2. The van der Waals surface area contributed by atoms with Gasteiger partial charge in [-0.1, -0.05) is 0 Å². The topological polar surface area (TPSA) is 26.0 Å². The van der Waals surface area contributed by atoms with Crippen LogP contribution in [0, 0.1) is 13.8 Å². The molecule has 0 bridgehead atoms. The van der Waals surface area contributed by atoms with E-state index in [1.165, 1.54) is 0 Å². The van der Waals surface area contributed by atoms with Crippen LogP contribution in [0.5, 0.6) is 0 Å². The van der Waals surface area contributed by atoms with Crippen molar-refractivity contribution >= 4 is 24.0 Å². The molecule has 0 amide bonds. The lowest BCUT2D eigenvalue weighted by molar-refractivity contribution is 0.548. The fraction of sp³-hybridized carbons (Fsp3) is 0.222. The molecule has 0 saturated carbocycles. The molecule has 0 aliphatic carbocycles. The van der Waals surface area contributed by atoms with Crippen molar-refractivity contribution in [3.05, 3.63) is 23.6 Å². The predicted octanol–water partition coefficient (Wildman–Crippen LogP) is 3.31. The Morgan fingerprint density at radius 3 is 2.62 bits per heavy atom. The third-order valence-corrected chi connectivity index (χ3v) is 3.30. The molecular weight excluding hydrogens is 202 g/mol. The van der Waals surface area contributed by atoms with E-state index in [0.29, 0.717) is 0 Å². The molecule has 0 unspecified atom stereocenters. The van der Waals surface area contributed by atoms with Crippen LogP contribution in [0.15, 0.2) is 20.8 Å². The summed E-state index contributed by atoms with van der Waals surface area (Å²) in [5.74, 6) is 1.73. The van der Waals surface area contributed by atoms with Crippen LogP contribution in [0.1, 0.15) is 11.5 Å². The molecule has 2 rings (SSSR count). The second kappa shape index (κ2) is 3.20. The highest BCUT2D eigenvalue weighted by Crippen LogP contribution is 2.30. The molecule has 0 aromatic carbocycles. The summed E-state index contributed by atoms with van der Waals surface area (Å²) in [6, 6.07) is 3.87. The number of thiazole rings is 1. The van der Waals surface area contributed by atoms with Gasteiger partial charge in [0.25, 0.3) is 0 Å². The number of thiol groups is 1. The summed E-state index contributed by atoms with van der Waals surface area (Å²) in [7, 11) is 0. The van der Waals surface area contributed by atoms with Crippen molar-refractivity contribution in [2.24, 2.45) is 0 Å². The van der Waals surface area contributed by atoms with Gasteiger partial charge in [0.15, 0.2) is 10.8 Å². The van der Waals surface area contributed by atoms with Crippen LogP contribution in [0.3, 0.4) is 0 Å². The van der Waals surface area contributed by atoms with Gasteiger partial charge in [-0.25, -0.2) is 4.98 Å². The second-order valence-corrected chi connectivity index (χ2v) is 4.57. The van der Waals surface area contributed by atoms with Crippen molar-refractivity contribution in [1.29, 1.82) is 0 Å². The maximum absolute atomic E-state index is 5.45. The van der Waals surface area contributed by atoms with Crippen molar-refractivity contribution in [2.45, 2.75) is 18.1 Å². The van der Waals surface area contributed by atoms with Gasteiger partial charge in [-0.15, -0.1) is 24.0 Å². The minimum Gasteiger partial charge on any atom is -0.459 e. The van der Waals surface area contributed by atoms with Gasteiger partial charge in [0.05, 0.1) is 9.90 Å². The van der Waals surface area contributed by atoms with Gasteiger partial charge in [-0.2, -0.15) is 0 Å². The fourth-order valence-electron chi connectivity index (χ4n) is 1.04. The van der Waals surface area contributed by atoms with Gasteiger partial charge >= 0.3 is 0 Å². The summed E-state index contributed by atoms with van der Waals surface area (Å²) in [6.45, 7) is 3.86. The maximum Gasteiger partial charge on any atom is 0.162 e. The molecule has 2 aromatic heterocycles. The Kier molecular flexibility index (Phi) is 2.17. The summed E-state index contributed by atoms with van der Waals surface area (Å²) in [4.78, 5) is 4.34. The van der Waals surface area contributed by atoms with E-state index in [2.05, 4.69) is 17.6 Å². The summed E-state index contributed by atoms with van der Waals surface area (Å²) >= 11 is 5.83. The van der Waals surface area contributed by atoms with Gasteiger partial charge in [0.1, 0.15) is 5.76 Å². The van der Waals surface area contributed by atoms with Gasteiger partial charge in [-0.05, 0) is 26.0 Å². The lowest BCUT2D eigenvalue weighted by Crippen LogP contribution is -1.72. The van der Waals surface area contributed by atoms with E-state index >= 15 is 0 Å². The van der Waals surface area contributed by atoms with Gasteiger partial charge in [0, 0.05) is 0 Å². The molecule has 0 N–H and O–H groups in total. The average molecular weight is 211 g/mol. The number of hydrogen-bond acceptors (Lipinski definition) is 4. The molecule has 0 spiro atoms. The van der Waals surface area contributed by atoms with E-state index in [-0.39, 0.29) is 0 Å². The van der Waals surface area contributed by atoms with Crippen LogP contribution < -0.4 is 0 Å². The minimum atomic E-state index is 0.825. The number of aromatic nitrogens is 1. The first-order chi connectivity index (χ1) is 6.16. The first-order valence-electron chi connectivity index (χ1n) is 3.90. The van der Waals surface area contributed by atoms with Crippen LogP contribution in [0.4, 0.5) is 0 Å². The van der Waals surface area contributed by atoms with E-state index in [1.54, 1.807) is 11.3 Å². The third kappa shape index (κ3) is 1.64. The van der Waals surface area contributed by atoms with Crippen molar-refractivity contribution in [1.82, 2.24) is 4.98 Å². The number of furan rings is 1. The molecule has 0 atom stereocenters. The number of nitrogens with zero attached hydrogens (tertiary/aromatic N) is 1. The first kappa shape index (κ1) is 8.84. The van der Waals surface area contributed by atoms with Crippen molar-refractivity contribution in [2.75, 3.05) is 0 Å². The second-order valence-electron chi connectivity index (χ2n) is 2.82. The molecule has 0 aliphatic rings. The summed E-state index contributed by atoms with van der Waals surface area (Å²) in [5, 5.41) is 0.899. The highest BCUT2D eigenvalue weighted by molar-refractivity contribution is 7.83. The highest BCUT2D eigenvalue weighted by Gasteiger charge is 2.09. The van der Waals surface area contributed by atoms with Gasteiger partial charge in [-0.3, -0.25) is 0 Å². The van der Waals surface area contributed by atoms with Crippen molar-refractivity contribution < 1.29 is 4.42 Å². The Labute approximate surface area is 86.0 Å². The third-order valence-electron chi connectivity index (χ3n) is 1.72. The Morgan fingerprint density at radius 2 is 2.15 bits per heavy atom. The number of hydrogen-bond donors (Lipinski definition) is 1. The van der Waals surface area contributed by atoms with Crippen LogP contribution in [0.25, 0.3) is 10.8 Å². The van der Waals surface area contributed by atoms with Gasteiger partial charge < -0.3 is 4.42 Å².